The quantitative estimate of drug-likeness (QED) is 0.0138. The number of benzene rings is 2. The third kappa shape index (κ3) is 16.4. The Morgan fingerprint density at radius 1 is 0.623 bits per heavy atom. The molecule has 69 heavy (non-hydrogen) atoms. The number of aliphatic hydroxyl groups excluding tert-OH is 1. The van der Waals surface area contributed by atoms with Gasteiger partial charge in [0, 0.05) is 6.54 Å². The summed E-state index contributed by atoms with van der Waals surface area (Å²) in [6.45, 7) is -0.488. The van der Waals surface area contributed by atoms with Crippen LogP contribution in [0.2, 0.25) is 0 Å². The Morgan fingerprint density at radius 3 is 1.49 bits per heavy atom. The molecule has 24 N–H and O–H groups in total. The lowest BCUT2D eigenvalue weighted by atomic mass is 10.1. The molecule has 0 aliphatic carbocycles. The molecule has 0 fully saturated rings. The number of aromatic nitrogens is 1. The smallest absolute Gasteiger partial charge is 0.318 e. The number of pyridine rings is 1. The van der Waals surface area contributed by atoms with Crippen LogP contribution in [0.5, 0.6) is 0 Å². The van der Waals surface area contributed by atoms with Gasteiger partial charge in [-0.1, -0.05) is 72.8 Å². The van der Waals surface area contributed by atoms with Crippen molar-refractivity contribution in [3.63, 3.8) is 0 Å². The maximum Gasteiger partial charge on any atom is 0.318 e. The second kappa shape index (κ2) is 24.7. The molecule has 0 bridgehead atoms. The Morgan fingerprint density at radius 2 is 1.06 bits per heavy atom. The Kier molecular flexibility index (Phi) is 19.1. The predicted molar refractivity (Wildman–Crippen MR) is 244 cm³/mol. The Bertz CT molecular complexity index is 2540. The highest BCUT2D eigenvalue weighted by atomic mass is 16.6. The van der Waals surface area contributed by atoms with Gasteiger partial charge in [-0.25, -0.2) is 25.0 Å². The number of hydrogen-bond donors (Lipinski definition) is 15. The summed E-state index contributed by atoms with van der Waals surface area (Å²) in [6, 6.07) is 14.3. The molecule has 33 heteroatoms. The third-order valence-corrected chi connectivity index (χ3v) is 8.38. The summed E-state index contributed by atoms with van der Waals surface area (Å²) >= 11 is 0. The summed E-state index contributed by atoms with van der Waals surface area (Å²) in [5.74, 6) is -12.0. The van der Waals surface area contributed by atoms with E-state index in [-0.39, 0.29) is 5.56 Å². The van der Waals surface area contributed by atoms with E-state index in [2.05, 4.69) is 35.6 Å². The molecule has 0 spiro atoms. The Labute approximate surface area is 387 Å². The summed E-state index contributed by atoms with van der Waals surface area (Å²) in [5.41, 5.74) is 47.4. The number of nitrogens with zero attached hydrogens (tertiary/aromatic N) is 8. The van der Waals surface area contributed by atoms with Gasteiger partial charge in [0.2, 0.25) is 42.6 Å². The van der Waals surface area contributed by atoms with Crippen LogP contribution < -0.4 is 83.1 Å². The van der Waals surface area contributed by atoms with Crippen molar-refractivity contribution >= 4 is 82.5 Å². The van der Waals surface area contributed by atoms with Gasteiger partial charge in [-0.3, -0.25) is 49.0 Å². The van der Waals surface area contributed by atoms with Crippen LogP contribution in [-0.4, -0.2) is 117 Å². The van der Waals surface area contributed by atoms with Crippen LogP contribution >= 0.6 is 0 Å². The van der Waals surface area contributed by atoms with Crippen LogP contribution in [0.1, 0.15) is 17.2 Å². The van der Waals surface area contributed by atoms with Gasteiger partial charge < -0.3 is 88.2 Å². The van der Waals surface area contributed by atoms with Gasteiger partial charge in [-0.15, -0.1) is 0 Å². The predicted octanol–water partition coefficient (Wildman–Crippen LogP) is -7.06. The van der Waals surface area contributed by atoms with Gasteiger partial charge in [-0.05, 0) is 11.1 Å². The van der Waals surface area contributed by atoms with E-state index in [4.69, 9.17) is 51.6 Å². The first-order valence-electron chi connectivity index (χ1n) is 19.1. The van der Waals surface area contributed by atoms with Crippen LogP contribution in [0.15, 0.2) is 99.0 Å². The minimum Gasteiger partial charge on any atom is -0.370 e. The fraction of sp³-hybridized carbons (Fsp3) is 0.194. The number of nitrogens with two attached hydrogens (primary N) is 9. The topological polar surface area (TPSA) is 569 Å². The highest BCUT2D eigenvalue weighted by molar-refractivity contribution is 5.99. The SMILES string of the molecule is NC(=O)C(N=C(N)N)NC(=O)C(N=C(N)N)NC(=O)C(N=C(N)N)NC(=O)C(N=C(N)N)NC(=O)C(NC(=O)C(O)N(CC=Cc1ccccc1)c1ncc([N+](=O)[O-])cc1[N+](=O)[O-])c1ccccc1. The highest BCUT2D eigenvalue weighted by Crippen LogP contribution is 2.31. The summed E-state index contributed by atoms with van der Waals surface area (Å²) in [7, 11) is 0. The molecule has 1 aromatic heterocycles. The summed E-state index contributed by atoms with van der Waals surface area (Å²) in [6.07, 6.45) is -7.29. The normalized spacial score (nSPS) is 13.2. The largest absolute Gasteiger partial charge is 0.370 e. The molecule has 366 valence electrons. The number of carbonyl (C=O) groups excluding carboxylic acids is 6. The van der Waals surface area contributed by atoms with Crippen molar-refractivity contribution < 1.29 is 43.7 Å². The number of amides is 6. The van der Waals surface area contributed by atoms with Gasteiger partial charge >= 0.3 is 5.69 Å². The number of rotatable bonds is 23. The lowest BCUT2D eigenvalue weighted by Crippen LogP contribution is -2.58. The van der Waals surface area contributed by atoms with Gasteiger partial charge in [0.15, 0.2) is 23.8 Å². The average molecular weight is 963 g/mol. The van der Waals surface area contributed by atoms with E-state index < -0.39 is 130 Å². The first-order chi connectivity index (χ1) is 32.5. The number of aliphatic imine (C=N–C) groups is 4. The number of carbonyl (C=O) groups is 6. The van der Waals surface area contributed by atoms with Gasteiger partial charge in [0.25, 0.3) is 35.2 Å². The lowest BCUT2D eigenvalue weighted by molar-refractivity contribution is -0.394. The number of guanidine groups is 4. The second-order valence-corrected chi connectivity index (χ2v) is 13.5. The molecule has 2 aromatic carbocycles. The standard InChI is InChI=1S/C36H46N22O11/c37-21(59)22(52-33(38)39)48-28(61)24(54-35(42)43)50-30(63)25(55-36(44)45)51-29(62)23(53-34(40)41)49-27(60)20(17-11-5-2-6-12-17)47-31(64)32(65)56(13-7-10-16-8-3-1-4-9-16)26-19(58(68)69)14-18(15-46-26)57(66)67/h1-12,14-15,20,22-25,32,65H,13H2,(H2,37,59)(H,47,64)(H,48,61)(H,49,60)(H,50,63)(H,51,62)(H4,38,39,52)(H4,40,41,53)(H4,42,43,54)(H4,44,45,55). The number of aliphatic hydroxyl groups is 1. The molecule has 6 atom stereocenters. The van der Waals surface area contributed by atoms with Crippen LogP contribution in [-0.2, 0) is 28.8 Å². The third-order valence-electron chi connectivity index (χ3n) is 8.38. The van der Waals surface area contributed by atoms with Crippen molar-refractivity contribution in [2.24, 2.45) is 71.6 Å². The Balaban J connectivity index is 2.00. The lowest BCUT2D eigenvalue weighted by Gasteiger charge is -2.29. The van der Waals surface area contributed by atoms with E-state index in [1.54, 1.807) is 30.3 Å². The number of nitrogens with one attached hydrogen (secondary N) is 5. The van der Waals surface area contributed by atoms with E-state index >= 15 is 0 Å². The zero-order valence-electron chi connectivity index (χ0n) is 35.6. The molecular formula is C36H46N22O11. The van der Waals surface area contributed by atoms with Crippen LogP contribution in [0.25, 0.3) is 6.08 Å². The molecule has 1 heterocycles. The summed E-state index contributed by atoms with van der Waals surface area (Å²) in [4.78, 5) is 121. The maximum absolute atomic E-state index is 14.1. The van der Waals surface area contributed by atoms with Gasteiger partial charge in [-0.2, -0.15) is 0 Å². The molecular weight excluding hydrogens is 917 g/mol. The average Bonchev–Trinajstić information content (AvgIpc) is 3.28. The minimum atomic E-state index is -2.43. The highest BCUT2D eigenvalue weighted by Gasteiger charge is 2.36. The first kappa shape index (κ1) is 53.1. The van der Waals surface area contributed by atoms with Crippen molar-refractivity contribution in [1.82, 2.24) is 31.6 Å². The maximum atomic E-state index is 14.1. The van der Waals surface area contributed by atoms with E-state index in [1.165, 1.54) is 42.5 Å². The number of hydrogen-bond acceptors (Lipinski definition) is 17. The molecule has 0 aliphatic heterocycles. The second-order valence-electron chi connectivity index (χ2n) is 13.5. The van der Waals surface area contributed by atoms with Gasteiger partial charge in [0.1, 0.15) is 12.2 Å². The monoisotopic (exact) mass is 962 g/mol. The van der Waals surface area contributed by atoms with E-state index in [9.17, 15) is 54.1 Å². The molecule has 0 aliphatic rings. The van der Waals surface area contributed by atoms with Crippen LogP contribution in [0.3, 0.4) is 0 Å². The van der Waals surface area contributed by atoms with Crippen molar-refractivity contribution in [2.45, 2.75) is 36.9 Å². The molecule has 3 aromatic rings. The molecule has 0 saturated heterocycles. The van der Waals surface area contributed by atoms with Crippen LogP contribution in [0, 0.1) is 20.2 Å². The van der Waals surface area contributed by atoms with E-state index in [1.807, 2.05) is 16.0 Å². The Hall–Kier alpha value is -10.2. The fourth-order valence-corrected chi connectivity index (χ4v) is 5.46. The van der Waals surface area contributed by atoms with Gasteiger partial charge in [0.05, 0.1) is 15.9 Å². The molecule has 6 amide bonds. The molecule has 0 radical (unpaired) electrons. The first-order valence-corrected chi connectivity index (χ1v) is 19.1. The zero-order valence-corrected chi connectivity index (χ0v) is 35.6. The molecule has 6 unspecified atom stereocenters. The number of nitro groups is 2. The number of primary amides is 1. The van der Waals surface area contributed by atoms with Crippen molar-refractivity contribution in [2.75, 3.05) is 11.4 Å². The summed E-state index contributed by atoms with van der Waals surface area (Å²) < 4.78 is 0. The van der Waals surface area contributed by atoms with Crippen molar-refractivity contribution in [3.05, 3.63) is 110 Å². The fourth-order valence-electron chi connectivity index (χ4n) is 5.46. The van der Waals surface area contributed by atoms with Crippen molar-refractivity contribution in [1.29, 1.82) is 0 Å². The zero-order chi connectivity index (χ0) is 51.5. The summed E-state index contributed by atoms with van der Waals surface area (Å²) in [5, 5.41) is 45.5. The molecule has 0 saturated carbocycles. The number of anilines is 1. The molecule has 3 rings (SSSR count). The minimum absolute atomic E-state index is 0.00500. The van der Waals surface area contributed by atoms with Crippen molar-refractivity contribution in [3.8, 4) is 0 Å². The van der Waals surface area contributed by atoms with Crippen LogP contribution in [0.4, 0.5) is 17.2 Å². The van der Waals surface area contributed by atoms with E-state index in [0.29, 0.717) is 22.7 Å². The molecule has 33 nitrogen and oxygen atoms in total. The van der Waals surface area contributed by atoms with E-state index in [0.717, 1.165) is 0 Å².